The quantitative estimate of drug-likeness (QED) is 0.0844. The van der Waals surface area contributed by atoms with E-state index in [0.717, 1.165) is 4.88 Å². The molecule has 0 atom stereocenters. The molecule has 8 nitrogen and oxygen atoms in total. The van der Waals surface area contributed by atoms with Gasteiger partial charge in [0.15, 0.2) is 11.5 Å². The summed E-state index contributed by atoms with van der Waals surface area (Å²) in [6.07, 6.45) is 2.98. The Morgan fingerprint density at radius 3 is 2.41 bits per heavy atom. The number of benzene rings is 3. The lowest BCUT2D eigenvalue weighted by Gasteiger charge is -2.11. The Labute approximate surface area is 237 Å². The van der Waals surface area contributed by atoms with Crippen molar-refractivity contribution < 1.29 is 23.9 Å². The van der Waals surface area contributed by atoms with Gasteiger partial charge >= 0.3 is 5.97 Å². The van der Waals surface area contributed by atoms with Crippen molar-refractivity contribution >= 4 is 57.3 Å². The summed E-state index contributed by atoms with van der Waals surface area (Å²) in [7, 11) is 1.45. The summed E-state index contributed by atoms with van der Waals surface area (Å²) in [5.41, 5.74) is 3.83. The molecule has 1 aromatic heterocycles. The molecule has 0 saturated heterocycles. The number of ether oxygens (including phenoxy) is 2. The first kappa shape index (κ1) is 27.5. The van der Waals surface area contributed by atoms with Gasteiger partial charge in [-0.25, -0.2) is 10.2 Å². The number of hydrazone groups is 1. The molecule has 0 saturated carbocycles. The van der Waals surface area contributed by atoms with E-state index in [2.05, 4.69) is 31.8 Å². The summed E-state index contributed by atoms with van der Waals surface area (Å²) in [6, 6.07) is 24.0. The fourth-order valence-corrected chi connectivity index (χ4v) is 4.42. The van der Waals surface area contributed by atoms with Crippen molar-refractivity contribution in [1.29, 1.82) is 0 Å². The Morgan fingerprint density at radius 1 is 0.923 bits per heavy atom. The number of amides is 2. The standard InChI is InChI=1S/C29H22BrN3O5S/c1-37-26-16-19(13-14-25(26)38-29(36)22-11-5-6-12-23(22)30)18-31-33-28(35)24(17-21-10-7-15-39-21)32-27(34)20-8-3-2-4-9-20/h2-18H,1H3,(H,32,34)(H,33,35)/b24-17+,31-18+. The third-order valence-corrected chi connectivity index (χ3v) is 6.73. The molecular weight excluding hydrogens is 582 g/mol. The van der Waals surface area contributed by atoms with E-state index in [1.807, 2.05) is 17.5 Å². The molecule has 0 fully saturated rings. The monoisotopic (exact) mass is 603 g/mol. The van der Waals surface area contributed by atoms with Crippen LogP contribution < -0.4 is 20.2 Å². The Kier molecular flexibility index (Phi) is 9.39. The highest BCUT2D eigenvalue weighted by atomic mass is 79.9. The lowest BCUT2D eigenvalue weighted by Crippen LogP contribution is -2.32. The van der Waals surface area contributed by atoms with E-state index >= 15 is 0 Å². The first-order valence-corrected chi connectivity index (χ1v) is 13.2. The van der Waals surface area contributed by atoms with Crippen LogP contribution in [0.1, 0.15) is 31.2 Å². The summed E-state index contributed by atoms with van der Waals surface area (Å²) in [5.74, 6) is -1.04. The molecule has 10 heteroatoms. The van der Waals surface area contributed by atoms with Crippen LogP contribution in [0.2, 0.25) is 0 Å². The Morgan fingerprint density at radius 2 is 1.69 bits per heavy atom. The van der Waals surface area contributed by atoms with Gasteiger partial charge in [-0.1, -0.05) is 36.4 Å². The topological polar surface area (TPSA) is 106 Å². The van der Waals surface area contributed by atoms with Crippen LogP contribution in [0.25, 0.3) is 6.08 Å². The van der Waals surface area contributed by atoms with Crippen LogP contribution >= 0.6 is 27.3 Å². The number of halogens is 1. The number of carbonyl (C=O) groups is 3. The molecule has 0 unspecified atom stereocenters. The third-order valence-electron chi connectivity index (χ3n) is 5.22. The number of esters is 1. The molecular formula is C29H22BrN3O5S. The van der Waals surface area contributed by atoms with Crippen LogP contribution in [-0.4, -0.2) is 31.1 Å². The van der Waals surface area contributed by atoms with Gasteiger partial charge in [-0.3, -0.25) is 9.59 Å². The van der Waals surface area contributed by atoms with Crippen LogP contribution in [0.4, 0.5) is 0 Å². The minimum atomic E-state index is -0.602. The number of nitrogens with zero attached hydrogens (tertiary/aromatic N) is 1. The number of rotatable bonds is 9. The van der Waals surface area contributed by atoms with E-state index in [4.69, 9.17) is 9.47 Å². The predicted octanol–water partition coefficient (Wildman–Crippen LogP) is 5.66. The van der Waals surface area contributed by atoms with E-state index in [9.17, 15) is 14.4 Å². The molecule has 4 aromatic rings. The van der Waals surface area contributed by atoms with Crippen LogP contribution in [0.15, 0.2) is 106 Å². The molecule has 39 heavy (non-hydrogen) atoms. The maximum Gasteiger partial charge on any atom is 0.344 e. The summed E-state index contributed by atoms with van der Waals surface area (Å²) in [4.78, 5) is 38.9. The van der Waals surface area contributed by atoms with Crippen molar-refractivity contribution in [2.75, 3.05) is 7.11 Å². The van der Waals surface area contributed by atoms with E-state index in [1.165, 1.54) is 24.7 Å². The molecule has 1 heterocycles. The van der Waals surface area contributed by atoms with Gasteiger partial charge in [0.1, 0.15) is 5.70 Å². The van der Waals surface area contributed by atoms with Crippen LogP contribution in [0.5, 0.6) is 11.5 Å². The number of hydrogen-bond donors (Lipinski definition) is 2. The average Bonchev–Trinajstić information content (AvgIpc) is 3.47. The summed E-state index contributed by atoms with van der Waals surface area (Å²) >= 11 is 4.76. The van der Waals surface area contributed by atoms with Crippen molar-refractivity contribution in [3.63, 3.8) is 0 Å². The fraction of sp³-hybridized carbons (Fsp3) is 0.0345. The molecule has 2 amide bonds. The summed E-state index contributed by atoms with van der Waals surface area (Å²) < 4.78 is 11.5. The van der Waals surface area contributed by atoms with Gasteiger partial charge in [0, 0.05) is 14.9 Å². The number of nitrogens with one attached hydrogen (secondary N) is 2. The van der Waals surface area contributed by atoms with Crippen molar-refractivity contribution in [2.24, 2.45) is 5.10 Å². The molecule has 196 valence electrons. The molecule has 0 aliphatic carbocycles. The highest BCUT2D eigenvalue weighted by Gasteiger charge is 2.16. The molecule has 0 aliphatic heterocycles. The van der Waals surface area contributed by atoms with Gasteiger partial charge in [-0.2, -0.15) is 5.10 Å². The van der Waals surface area contributed by atoms with Crippen molar-refractivity contribution in [2.45, 2.75) is 0 Å². The third kappa shape index (κ3) is 7.50. The average molecular weight is 604 g/mol. The molecule has 4 rings (SSSR count). The van der Waals surface area contributed by atoms with Gasteiger partial charge in [-0.05, 0) is 81.5 Å². The first-order chi connectivity index (χ1) is 18.9. The summed E-state index contributed by atoms with van der Waals surface area (Å²) in [6.45, 7) is 0. The lowest BCUT2D eigenvalue weighted by molar-refractivity contribution is -0.117. The maximum absolute atomic E-state index is 12.9. The minimum Gasteiger partial charge on any atom is -0.493 e. The Bertz CT molecular complexity index is 1540. The van der Waals surface area contributed by atoms with Crippen molar-refractivity contribution in [3.8, 4) is 11.5 Å². The summed E-state index contributed by atoms with van der Waals surface area (Å²) in [5, 5.41) is 8.53. The number of thiophene rings is 1. The fourth-order valence-electron chi connectivity index (χ4n) is 3.31. The predicted molar refractivity (Wildman–Crippen MR) is 154 cm³/mol. The van der Waals surface area contributed by atoms with E-state index in [-0.39, 0.29) is 11.4 Å². The zero-order valence-corrected chi connectivity index (χ0v) is 23.0. The number of methoxy groups -OCH3 is 1. The SMILES string of the molecule is COc1cc(/C=N/NC(=O)/C(=C\c2cccs2)NC(=O)c2ccccc2)ccc1OC(=O)c1ccccc1Br. The zero-order chi connectivity index (χ0) is 27.6. The molecule has 0 spiro atoms. The smallest absolute Gasteiger partial charge is 0.344 e. The van der Waals surface area contributed by atoms with E-state index < -0.39 is 17.8 Å². The normalized spacial score (nSPS) is 11.2. The van der Waals surface area contributed by atoms with Crippen LogP contribution in [-0.2, 0) is 4.79 Å². The maximum atomic E-state index is 12.9. The first-order valence-electron chi connectivity index (χ1n) is 11.5. The second-order valence-corrected chi connectivity index (χ2v) is 9.71. The Hall–Kier alpha value is -4.54. The largest absolute Gasteiger partial charge is 0.493 e. The minimum absolute atomic E-state index is 0.0374. The molecule has 2 N–H and O–H groups in total. The van der Waals surface area contributed by atoms with Gasteiger partial charge in [0.25, 0.3) is 11.8 Å². The second-order valence-electron chi connectivity index (χ2n) is 7.87. The number of hydrogen-bond acceptors (Lipinski definition) is 7. The second kappa shape index (κ2) is 13.3. The van der Waals surface area contributed by atoms with Crippen molar-refractivity contribution in [3.05, 3.63) is 122 Å². The van der Waals surface area contributed by atoms with E-state index in [0.29, 0.717) is 26.9 Å². The highest BCUT2D eigenvalue weighted by molar-refractivity contribution is 9.10. The Balaban J connectivity index is 1.45. The molecule has 0 bridgehead atoms. The molecule has 0 aliphatic rings. The van der Waals surface area contributed by atoms with Gasteiger partial charge < -0.3 is 14.8 Å². The van der Waals surface area contributed by atoms with Gasteiger partial charge in [0.2, 0.25) is 0 Å². The van der Waals surface area contributed by atoms with Gasteiger partial charge in [-0.15, -0.1) is 11.3 Å². The van der Waals surface area contributed by atoms with E-state index in [1.54, 1.807) is 78.9 Å². The van der Waals surface area contributed by atoms with Crippen LogP contribution in [0.3, 0.4) is 0 Å². The van der Waals surface area contributed by atoms with Gasteiger partial charge in [0.05, 0.1) is 18.9 Å². The van der Waals surface area contributed by atoms with Crippen molar-refractivity contribution in [1.82, 2.24) is 10.7 Å². The lowest BCUT2D eigenvalue weighted by atomic mass is 10.2. The highest BCUT2D eigenvalue weighted by Crippen LogP contribution is 2.29. The molecule has 0 radical (unpaired) electrons. The number of carbonyl (C=O) groups excluding carboxylic acids is 3. The zero-order valence-electron chi connectivity index (χ0n) is 20.6. The molecule has 3 aromatic carbocycles. The van der Waals surface area contributed by atoms with Crippen LogP contribution in [0, 0.1) is 0 Å².